The monoisotopic (exact) mass is 264 g/mol. The molecule has 5 N–H and O–H groups in total. The molecule has 2 aromatic rings. The highest BCUT2D eigenvalue weighted by Gasteiger charge is 2.00. The number of guanidine groups is 1. The summed E-state index contributed by atoms with van der Waals surface area (Å²) in [4.78, 5) is 15.2. The molecular formula is C10H12N6O3. The topological polar surface area (TPSA) is 150 Å². The van der Waals surface area contributed by atoms with E-state index in [1.54, 1.807) is 0 Å². The van der Waals surface area contributed by atoms with Crippen molar-refractivity contribution in [1.82, 2.24) is 4.98 Å². The maximum absolute atomic E-state index is 8.25. The molecule has 2 rings (SSSR count). The van der Waals surface area contributed by atoms with Gasteiger partial charge in [0.25, 0.3) is 0 Å². The van der Waals surface area contributed by atoms with Gasteiger partial charge in [-0.1, -0.05) is 0 Å². The third-order valence-corrected chi connectivity index (χ3v) is 1.95. The Labute approximate surface area is 107 Å². The summed E-state index contributed by atoms with van der Waals surface area (Å²) in [7, 11) is 0. The number of nitrogens with two attached hydrogens (primary N) is 2. The lowest BCUT2D eigenvalue weighted by molar-refractivity contribution is -0.594. The molecule has 0 aliphatic heterocycles. The first-order chi connectivity index (χ1) is 8.99. The second kappa shape index (κ2) is 6.59. The van der Waals surface area contributed by atoms with E-state index in [0.717, 1.165) is 11.4 Å². The number of aromatic nitrogens is 2. The molecule has 0 bridgehead atoms. The summed E-state index contributed by atoms with van der Waals surface area (Å²) in [6.45, 7) is 0. The van der Waals surface area contributed by atoms with Crippen LogP contribution in [0.3, 0.4) is 0 Å². The van der Waals surface area contributed by atoms with Crippen LogP contribution in [-0.2, 0) is 0 Å². The van der Waals surface area contributed by atoms with Gasteiger partial charge in [0.2, 0.25) is 6.33 Å². The molecule has 9 nitrogen and oxygen atoms in total. The predicted octanol–water partition coefficient (Wildman–Crippen LogP) is -0.0428. The van der Waals surface area contributed by atoms with Crippen molar-refractivity contribution in [2.24, 2.45) is 16.5 Å². The van der Waals surface area contributed by atoms with Gasteiger partial charge in [0.1, 0.15) is 18.1 Å². The molecule has 0 radical (unpaired) electrons. The largest absolute Gasteiger partial charge is 0.370 e. The van der Waals surface area contributed by atoms with Crippen molar-refractivity contribution in [1.29, 1.82) is 0 Å². The van der Waals surface area contributed by atoms with Crippen LogP contribution < -0.4 is 16.0 Å². The smallest absolute Gasteiger partial charge is 0.246 e. The summed E-state index contributed by atoms with van der Waals surface area (Å²) >= 11 is 0. The normalized spacial score (nSPS) is 9.05. The fourth-order valence-corrected chi connectivity index (χ4v) is 1.30. The lowest BCUT2D eigenvalue weighted by Gasteiger charge is -1.97. The summed E-state index contributed by atoms with van der Waals surface area (Å²) in [6.07, 6.45) is 5.63. The maximum atomic E-state index is 8.25. The fourth-order valence-electron chi connectivity index (χ4n) is 1.30. The van der Waals surface area contributed by atoms with Gasteiger partial charge in [-0.2, -0.15) is 0 Å². The van der Waals surface area contributed by atoms with Gasteiger partial charge >= 0.3 is 0 Å². The minimum Gasteiger partial charge on any atom is -0.370 e. The molecule has 0 amide bonds. The summed E-state index contributed by atoms with van der Waals surface area (Å²) in [5.74, 6) is 0.0667. The number of hydrogen-bond donors (Lipinski definition) is 3. The van der Waals surface area contributed by atoms with Crippen LogP contribution in [0.25, 0.3) is 5.69 Å². The van der Waals surface area contributed by atoms with Crippen molar-refractivity contribution in [3.8, 4) is 5.69 Å². The summed E-state index contributed by atoms with van der Waals surface area (Å²) in [6, 6.07) is 7.59. The van der Waals surface area contributed by atoms with Crippen LogP contribution in [-0.4, -0.2) is 16.0 Å². The van der Waals surface area contributed by atoms with Crippen molar-refractivity contribution < 1.29 is 9.65 Å². The van der Waals surface area contributed by atoms with E-state index in [2.05, 4.69) is 9.98 Å². The van der Waals surface area contributed by atoms with Crippen molar-refractivity contribution in [2.45, 2.75) is 0 Å². The van der Waals surface area contributed by atoms with Gasteiger partial charge in [-0.05, 0) is 24.3 Å². The van der Waals surface area contributed by atoms with Crippen molar-refractivity contribution in [3.63, 3.8) is 0 Å². The van der Waals surface area contributed by atoms with Gasteiger partial charge in [0.05, 0.1) is 10.8 Å². The zero-order valence-electron chi connectivity index (χ0n) is 9.76. The van der Waals surface area contributed by atoms with Crippen molar-refractivity contribution >= 4 is 11.6 Å². The van der Waals surface area contributed by atoms with E-state index in [1.165, 1.54) is 0 Å². The Morgan fingerprint density at radius 3 is 2.26 bits per heavy atom. The van der Waals surface area contributed by atoms with Crippen LogP contribution in [0.15, 0.2) is 48.0 Å². The van der Waals surface area contributed by atoms with Crippen LogP contribution in [0.2, 0.25) is 0 Å². The maximum Gasteiger partial charge on any atom is 0.246 e. The average Bonchev–Trinajstić information content (AvgIpc) is 2.82. The van der Waals surface area contributed by atoms with Gasteiger partial charge in [-0.3, -0.25) is 0 Å². The molecule has 1 aromatic carbocycles. The third kappa shape index (κ3) is 5.17. The third-order valence-electron chi connectivity index (χ3n) is 1.95. The zero-order valence-corrected chi connectivity index (χ0v) is 9.76. The summed E-state index contributed by atoms with van der Waals surface area (Å²) in [5, 5.41) is 14.8. The highest BCUT2D eigenvalue weighted by atomic mass is 16.9. The number of aliphatic imine (C=N–C) groups is 1. The van der Waals surface area contributed by atoms with Crippen LogP contribution >= 0.6 is 0 Å². The van der Waals surface area contributed by atoms with Gasteiger partial charge < -0.3 is 26.8 Å². The molecule has 0 spiro atoms. The molecule has 0 saturated carbocycles. The Morgan fingerprint density at radius 2 is 1.84 bits per heavy atom. The van der Waals surface area contributed by atoms with E-state index in [-0.39, 0.29) is 5.96 Å². The first-order valence-corrected chi connectivity index (χ1v) is 5.04. The van der Waals surface area contributed by atoms with E-state index < -0.39 is 5.09 Å². The second-order valence-corrected chi connectivity index (χ2v) is 3.30. The molecule has 1 aromatic heterocycles. The van der Waals surface area contributed by atoms with Crippen molar-refractivity contribution in [2.75, 3.05) is 0 Å². The molecule has 9 heteroatoms. The SMILES string of the molecule is NC(N)=Nc1ccc(-[n+]2cc[nH]c2)cc1.O=[N+]([O-])[O-]. The van der Waals surface area contributed by atoms with Crippen molar-refractivity contribution in [3.05, 3.63) is 58.3 Å². The number of H-pyrrole nitrogens is 1. The molecule has 0 unspecified atom stereocenters. The summed E-state index contributed by atoms with van der Waals surface area (Å²) < 4.78 is 1.96. The zero-order chi connectivity index (χ0) is 14.3. The number of benzene rings is 1. The Bertz CT molecular complexity index is 541. The Morgan fingerprint density at radius 1 is 1.26 bits per heavy atom. The standard InChI is InChI=1S/C10H11N5.NO3/c11-10(12)14-8-1-3-9(4-2-8)15-6-5-13-7-15;2-1(3)4/h1-7H,(H4,11,12,14);/q;-1/p+1. The number of rotatable bonds is 2. The number of nitrogens with one attached hydrogen (secondary N) is 1. The first kappa shape index (κ1) is 14.0. The van der Waals surface area contributed by atoms with Gasteiger partial charge in [0, 0.05) is 0 Å². The lowest BCUT2D eigenvalue weighted by atomic mass is 10.3. The molecule has 100 valence electrons. The summed E-state index contributed by atoms with van der Waals surface area (Å²) in [5.41, 5.74) is 12.3. The quantitative estimate of drug-likeness (QED) is 0.228. The van der Waals surface area contributed by atoms with E-state index in [1.807, 2.05) is 47.6 Å². The van der Waals surface area contributed by atoms with Crippen LogP contribution in [0.1, 0.15) is 0 Å². The number of aromatic amines is 1. The second-order valence-electron chi connectivity index (χ2n) is 3.30. The Balaban J connectivity index is 0.000000399. The van der Waals surface area contributed by atoms with E-state index in [0.29, 0.717) is 0 Å². The van der Waals surface area contributed by atoms with Gasteiger partial charge in [-0.25, -0.2) is 14.5 Å². The van der Waals surface area contributed by atoms with E-state index >= 15 is 0 Å². The molecule has 0 fully saturated rings. The van der Waals surface area contributed by atoms with E-state index in [9.17, 15) is 0 Å². The fraction of sp³-hybridized carbons (Fsp3) is 0. The molecule has 0 saturated heterocycles. The Kier molecular flexibility index (Phi) is 4.84. The molecule has 0 aliphatic carbocycles. The van der Waals surface area contributed by atoms with Gasteiger partial charge in [0.15, 0.2) is 5.96 Å². The first-order valence-electron chi connectivity index (χ1n) is 5.04. The molecule has 0 atom stereocenters. The molecule has 0 aliphatic rings. The number of hydrogen-bond acceptors (Lipinski definition) is 4. The predicted molar refractivity (Wildman–Crippen MR) is 68.2 cm³/mol. The molecular weight excluding hydrogens is 252 g/mol. The minimum absolute atomic E-state index is 0.0667. The van der Waals surface area contributed by atoms with Crippen LogP contribution in [0.5, 0.6) is 0 Å². The van der Waals surface area contributed by atoms with Gasteiger partial charge in [-0.15, -0.1) is 0 Å². The average molecular weight is 264 g/mol. The highest BCUT2D eigenvalue weighted by molar-refractivity contribution is 5.78. The van der Waals surface area contributed by atoms with Crippen LogP contribution in [0.4, 0.5) is 5.69 Å². The molecule has 19 heavy (non-hydrogen) atoms. The minimum atomic E-state index is -1.75. The Hall–Kier alpha value is -3.10. The highest BCUT2D eigenvalue weighted by Crippen LogP contribution is 2.12. The van der Waals surface area contributed by atoms with E-state index in [4.69, 9.17) is 26.8 Å². The van der Waals surface area contributed by atoms with Crippen LogP contribution in [0, 0.1) is 15.3 Å². The number of imidazole rings is 1. The molecule has 1 heterocycles. The lowest BCUT2D eigenvalue weighted by Crippen LogP contribution is -2.26. The number of nitrogens with zero attached hydrogens (tertiary/aromatic N) is 3.